The first-order chi connectivity index (χ1) is 16.7. The molecule has 0 bridgehead atoms. The molecule has 0 amide bonds. The summed E-state index contributed by atoms with van der Waals surface area (Å²) in [5.74, 6) is 5.08. The van der Waals surface area contributed by atoms with Crippen molar-refractivity contribution >= 4 is 27.1 Å². The molecule has 188 valence electrons. The predicted molar refractivity (Wildman–Crippen MR) is 116 cm³/mol. The number of halogens is 6. The van der Waals surface area contributed by atoms with Gasteiger partial charge >= 0.3 is 22.5 Å². The SMILES string of the molecule is CCc1nc(C#Cc2cnn3c(C(F)(F)F)cc(-c4ccc(C(F)(F)F)cc4)nc23)sc1S(=O)(=O)O. The van der Waals surface area contributed by atoms with Gasteiger partial charge in [-0.3, -0.25) is 4.55 Å². The third-order valence-electron chi connectivity index (χ3n) is 4.81. The second-order valence-corrected chi connectivity index (χ2v) is 9.84. The van der Waals surface area contributed by atoms with Gasteiger partial charge in [0.15, 0.2) is 20.6 Å². The van der Waals surface area contributed by atoms with Crippen molar-refractivity contribution in [3.63, 3.8) is 0 Å². The van der Waals surface area contributed by atoms with Crippen molar-refractivity contribution in [2.75, 3.05) is 0 Å². The van der Waals surface area contributed by atoms with Crippen molar-refractivity contribution in [1.29, 1.82) is 0 Å². The maximum atomic E-state index is 13.7. The van der Waals surface area contributed by atoms with E-state index in [1.807, 2.05) is 0 Å². The summed E-state index contributed by atoms with van der Waals surface area (Å²) in [6, 6.07) is 4.12. The van der Waals surface area contributed by atoms with Crippen molar-refractivity contribution in [1.82, 2.24) is 19.6 Å². The lowest BCUT2D eigenvalue weighted by Gasteiger charge is -2.12. The van der Waals surface area contributed by atoms with Gasteiger partial charge in [-0.2, -0.15) is 39.9 Å². The van der Waals surface area contributed by atoms with Crippen molar-refractivity contribution in [2.24, 2.45) is 0 Å². The maximum absolute atomic E-state index is 13.7. The number of rotatable bonds is 3. The maximum Gasteiger partial charge on any atom is 0.433 e. The minimum absolute atomic E-state index is 0.00131. The van der Waals surface area contributed by atoms with Gasteiger partial charge in [-0.15, -0.1) is 0 Å². The number of hydrogen-bond acceptors (Lipinski definition) is 6. The van der Waals surface area contributed by atoms with Crippen LogP contribution >= 0.6 is 11.3 Å². The van der Waals surface area contributed by atoms with E-state index in [2.05, 4.69) is 26.9 Å². The second-order valence-electron chi connectivity index (χ2n) is 7.22. The molecule has 3 aromatic heterocycles. The molecule has 0 saturated heterocycles. The van der Waals surface area contributed by atoms with Gasteiger partial charge in [-0.25, -0.2) is 14.5 Å². The zero-order valence-corrected chi connectivity index (χ0v) is 19.4. The van der Waals surface area contributed by atoms with E-state index < -0.39 is 37.9 Å². The van der Waals surface area contributed by atoms with E-state index in [-0.39, 0.29) is 39.6 Å². The van der Waals surface area contributed by atoms with E-state index in [0.29, 0.717) is 21.9 Å². The highest BCUT2D eigenvalue weighted by molar-refractivity contribution is 7.88. The Labute approximate surface area is 203 Å². The number of alkyl halides is 6. The first-order valence-corrected chi connectivity index (χ1v) is 12.1. The zero-order valence-electron chi connectivity index (χ0n) is 17.8. The molecule has 0 saturated carbocycles. The van der Waals surface area contributed by atoms with Crippen LogP contribution in [0.2, 0.25) is 0 Å². The number of nitrogens with zero attached hydrogens (tertiary/aromatic N) is 4. The summed E-state index contributed by atoms with van der Waals surface area (Å²) in [6.07, 6.45) is -8.31. The lowest BCUT2D eigenvalue weighted by atomic mass is 10.1. The number of benzene rings is 1. The summed E-state index contributed by atoms with van der Waals surface area (Å²) in [4.78, 5) is 8.14. The van der Waals surface area contributed by atoms with Gasteiger partial charge in [0.05, 0.1) is 28.7 Å². The molecule has 0 atom stereocenters. The molecule has 3 heterocycles. The predicted octanol–water partition coefficient (Wildman–Crippen LogP) is 5.10. The quantitative estimate of drug-likeness (QED) is 0.218. The third-order valence-corrected chi connectivity index (χ3v) is 7.20. The average molecular weight is 546 g/mol. The molecule has 0 aliphatic carbocycles. The van der Waals surface area contributed by atoms with Crippen LogP contribution in [0.25, 0.3) is 16.9 Å². The number of aryl methyl sites for hydroxylation is 1. The Bertz CT molecular complexity index is 1630. The average Bonchev–Trinajstić information content (AvgIpc) is 3.39. The second kappa shape index (κ2) is 8.87. The lowest BCUT2D eigenvalue weighted by Crippen LogP contribution is -2.13. The Kier molecular flexibility index (Phi) is 6.31. The molecule has 0 fully saturated rings. The molecular formula is C21H12F6N4O3S2. The van der Waals surface area contributed by atoms with Crippen molar-refractivity contribution in [2.45, 2.75) is 29.9 Å². The molecular weight excluding hydrogens is 534 g/mol. The van der Waals surface area contributed by atoms with Crippen LogP contribution in [0.15, 0.2) is 40.7 Å². The van der Waals surface area contributed by atoms with E-state index in [1.165, 1.54) is 0 Å². The van der Waals surface area contributed by atoms with E-state index >= 15 is 0 Å². The van der Waals surface area contributed by atoms with Gasteiger partial charge in [0.1, 0.15) is 0 Å². The molecule has 7 nitrogen and oxygen atoms in total. The Morgan fingerprint density at radius 3 is 2.22 bits per heavy atom. The van der Waals surface area contributed by atoms with Crippen LogP contribution in [-0.4, -0.2) is 32.6 Å². The van der Waals surface area contributed by atoms with Gasteiger partial charge < -0.3 is 0 Å². The molecule has 4 rings (SSSR count). The van der Waals surface area contributed by atoms with Gasteiger partial charge in [0.2, 0.25) is 0 Å². The monoisotopic (exact) mass is 546 g/mol. The van der Waals surface area contributed by atoms with E-state index in [4.69, 9.17) is 0 Å². The highest BCUT2D eigenvalue weighted by atomic mass is 32.3. The number of fused-ring (bicyclic) bond motifs is 1. The molecule has 15 heteroatoms. The highest BCUT2D eigenvalue weighted by Crippen LogP contribution is 2.34. The minimum Gasteiger partial charge on any atom is -0.281 e. The topological polar surface area (TPSA) is 97.5 Å². The van der Waals surface area contributed by atoms with Gasteiger partial charge in [0.25, 0.3) is 0 Å². The third kappa shape index (κ3) is 5.06. The molecule has 0 radical (unpaired) electrons. The van der Waals surface area contributed by atoms with Crippen molar-refractivity contribution in [3.8, 4) is 23.1 Å². The highest BCUT2D eigenvalue weighted by Gasteiger charge is 2.36. The van der Waals surface area contributed by atoms with Gasteiger partial charge in [0, 0.05) is 5.56 Å². The van der Waals surface area contributed by atoms with Crippen molar-refractivity contribution in [3.05, 3.63) is 64.1 Å². The normalized spacial score (nSPS) is 12.6. The van der Waals surface area contributed by atoms with Crippen LogP contribution < -0.4 is 0 Å². The van der Waals surface area contributed by atoms with Crippen LogP contribution in [0.4, 0.5) is 26.3 Å². The lowest BCUT2D eigenvalue weighted by molar-refractivity contribution is -0.142. The summed E-state index contributed by atoms with van der Waals surface area (Å²) < 4.78 is 112. The van der Waals surface area contributed by atoms with Crippen LogP contribution in [0.1, 0.15) is 34.4 Å². The first kappa shape index (κ1) is 25.6. The number of aromatic nitrogens is 4. The fourth-order valence-corrected chi connectivity index (χ4v) is 5.05. The molecule has 0 aliphatic heterocycles. The van der Waals surface area contributed by atoms with Gasteiger partial charge in [-0.05, 0) is 30.5 Å². The summed E-state index contributed by atoms with van der Waals surface area (Å²) in [7, 11) is -4.54. The van der Waals surface area contributed by atoms with Crippen LogP contribution in [0.3, 0.4) is 0 Å². The van der Waals surface area contributed by atoms with E-state index in [0.717, 1.165) is 30.5 Å². The molecule has 0 spiro atoms. The van der Waals surface area contributed by atoms with E-state index in [1.54, 1.807) is 6.92 Å². The van der Waals surface area contributed by atoms with Crippen molar-refractivity contribution < 1.29 is 39.3 Å². The molecule has 1 aromatic carbocycles. The summed E-state index contributed by atoms with van der Waals surface area (Å²) in [6.45, 7) is 1.61. The fourth-order valence-electron chi connectivity index (χ4n) is 3.17. The molecule has 4 aromatic rings. The van der Waals surface area contributed by atoms with Crippen LogP contribution in [-0.2, 0) is 28.9 Å². The Hall–Kier alpha value is -3.48. The molecule has 0 unspecified atom stereocenters. The summed E-state index contributed by atoms with van der Waals surface area (Å²) in [5.41, 5.74) is -2.78. The van der Waals surface area contributed by atoms with E-state index in [9.17, 15) is 39.3 Å². The Morgan fingerprint density at radius 2 is 1.69 bits per heavy atom. The summed E-state index contributed by atoms with van der Waals surface area (Å²) >= 11 is 0.587. The smallest absolute Gasteiger partial charge is 0.281 e. The molecule has 36 heavy (non-hydrogen) atoms. The summed E-state index contributed by atoms with van der Waals surface area (Å²) in [5, 5.41) is 3.67. The largest absolute Gasteiger partial charge is 0.433 e. The fraction of sp³-hybridized carbons (Fsp3) is 0.190. The Balaban J connectivity index is 1.84. The zero-order chi connectivity index (χ0) is 26.5. The van der Waals surface area contributed by atoms with Crippen LogP contribution in [0.5, 0.6) is 0 Å². The Morgan fingerprint density at radius 1 is 1.03 bits per heavy atom. The standard InChI is InChI=1S/C21H12F6N4O3S2/c1-2-14-19(36(32,33)34)35-17(29-14)8-5-12-10-28-31-16(21(25,26)27)9-15(30-18(12)31)11-3-6-13(7-4-11)20(22,23)24/h3-4,6-7,9-10H,2H2,1H3,(H,32,33,34). The van der Waals surface area contributed by atoms with Gasteiger partial charge in [-0.1, -0.05) is 36.3 Å². The number of thiazole rings is 1. The molecule has 1 N–H and O–H groups in total. The minimum atomic E-state index is -4.88. The van der Waals surface area contributed by atoms with Crippen LogP contribution in [0, 0.1) is 11.8 Å². The molecule has 0 aliphatic rings. The first-order valence-electron chi connectivity index (χ1n) is 9.81. The number of hydrogen-bond donors (Lipinski definition) is 1.